The molecule has 0 spiro atoms. The number of aldehydes is 1. The van der Waals surface area contributed by atoms with Crippen molar-refractivity contribution in [2.45, 2.75) is 26.3 Å². The third kappa shape index (κ3) is 2.81. The summed E-state index contributed by atoms with van der Waals surface area (Å²) in [5.74, 6) is 0.341. The molecule has 0 aliphatic rings. The summed E-state index contributed by atoms with van der Waals surface area (Å²) in [4.78, 5) is 15.2. The quantitative estimate of drug-likeness (QED) is 0.748. The first-order valence-corrected chi connectivity index (χ1v) is 6.31. The summed E-state index contributed by atoms with van der Waals surface area (Å²) in [7, 11) is 1.50. The van der Waals surface area contributed by atoms with E-state index in [1.807, 2.05) is 10.9 Å². The van der Waals surface area contributed by atoms with Gasteiger partial charge >= 0.3 is 0 Å². The number of nitrogens with zero attached hydrogens (tertiary/aromatic N) is 3. The number of ether oxygens (including phenoxy) is 1. The summed E-state index contributed by atoms with van der Waals surface area (Å²) < 4.78 is 6.99. The minimum absolute atomic E-state index is 0.341. The highest BCUT2D eigenvalue weighted by Crippen LogP contribution is 2.27. The first-order valence-electron chi connectivity index (χ1n) is 6.31. The zero-order chi connectivity index (χ0) is 13.7. The molecule has 0 fully saturated rings. The normalized spacial score (nSPS) is 10.4. The van der Waals surface area contributed by atoms with E-state index in [0.29, 0.717) is 11.4 Å². The molecule has 0 aliphatic heterocycles. The van der Waals surface area contributed by atoms with Crippen molar-refractivity contribution in [3.05, 3.63) is 30.2 Å². The van der Waals surface area contributed by atoms with Crippen LogP contribution in [0.25, 0.3) is 11.1 Å². The molecule has 2 aromatic rings. The van der Waals surface area contributed by atoms with E-state index < -0.39 is 0 Å². The average Bonchev–Trinajstić information content (AvgIpc) is 2.92. The third-order valence-corrected chi connectivity index (χ3v) is 2.95. The van der Waals surface area contributed by atoms with Crippen molar-refractivity contribution < 1.29 is 9.53 Å². The lowest BCUT2D eigenvalue weighted by molar-refractivity contribution is 0.112. The van der Waals surface area contributed by atoms with Gasteiger partial charge in [-0.15, -0.1) is 0 Å². The molecule has 2 rings (SSSR count). The molecule has 0 amide bonds. The number of carbonyl (C=O) groups excluding carboxylic acids is 1. The Labute approximate surface area is 112 Å². The Kier molecular flexibility index (Phi) is 4.28. The Balaban J connectivity index is 2.35. The predicted molar refractivity (Wildman–Crippen MR) is 72.3 cm³/mol. The molecule has 5 heteroatoms. The molecule has 100 valence electrons. The summed E-state index contributed by atoms with van der Waals surface area (Å²) in [6.07, 6.45) is 8.31. The summed E-state index contributed by atoms with van der Waals surface area (Å²) >= 11 is 0. The first kappa shape index (κ1) is 13.3. The number of aromatic nitrogens is 3. The van der Waals surface area contributed by atoms with Crippen LogP contribution in [0.5, 0.6) is 5.88 Å². The molecule has 0 saturated heterocycles. The van der Waals surface area contributed by atoms with Gasteiger partial charge in [0.25, 0.3) is 0 Å². The fraction of sp³-hybridized carbons (Fsp3) is 0.357. The second-order valence-corrected chi connectivity index (χ2v) is 4.24. The summed E-state index contributed by atoms with van der Waals surface area (Å²) in [6.45, 7) is 3.03. The topological polar surface area (TPSA) is 57.0 Å². The SMILES string of the molecule is CCCCn1cc(-c2ccnc(OC)c2C=O)cn1. The Morgan fingerprint density at radius 2 is 2.32 bits per heavy atom. The zero-order valence-corrected chi connectivity index (χ0v) is 11.2. The Morgan fingerprint density at radius 3 is 3.00 bits per heavy atom. The lowest BCUT2D eigenvalue weighted by Crippen LogP contribution is -1.97. The number of carbonyl (C=O) groups is 1. The molecule has 0 aromatic carbocycles. The largest absolute Gasteiger partial charge is 0.480 e. The van der Waals surface area contributed by atoms with Crippen molar-refractivity contribution in [1.82, 2.24) is 14.8 Å². The minimum Gasteiger partial charge on any atom is -0.480 e. The van der Waals surface area contributed by atoms with Crippen molar-refractivity contribution in [3.63, 3.8) is 0 Å². The molecule has 0 bridgehead atoms. The predicted octanol–water partition coefficient (Wildman–Crippen LogP) is 2.57. The zero-order valence-electron chi connectivity index (χ0n) is 11.2. The molecule has 0 radical (unpaired) electrons. The maximum atomic E-state index is 11.2. The fourth-order valence-electron chi connectivity index (χ4n) is 1.93. The van der Waals surface area contributed by atoms with E-state index in [0.717, 1.165) is 36.8 Å². The van der Waals surface area contributed by atoms with Crippen LogP contribution in [-0.4, -0.2) is 28.2 Å². The molecular formula is C14H17N3O2. The van der Waals surface area contributed by atoms with Crippen molar-refractivity contribution >= 4 is 6.29 Å². The standard InChI is InChI=1S/C14H17N3O2/c1-3-4-7-17-9-11(8-16-17)12-5-6-15-14(19-2)13(12)10-18/h5-6,8-10H,3-4,7H2,1-2H3. The van der Waals surface area contributed by atoms with Crippen LogP contribution in [0, 0.1) is 0 Å². The molecule has 0 saturated carbocycles. The van der Waals surface area contributed by atoms with E-state index in [2.05, 4.69) is 17.0 Å². The number of hydrogen-bond donors (Lipinski definition) is 0. The monoisotopic (exact) mass is 259 g/mol. The summed E-state index contributed by atoms with van der Waals surface area (Å²) in [5, 5.41) is 4.30. The van der Waals surface area contributed by atoms with Crippen LogP contribution < -0.4 is 4.74 Å². The second kappa shape index (κ2) is 6.13. The number of aryl methyl sites for hydroxylation is 1. The van der Waals surface area contributed by atoms with Crippen molar-refractivity contribution in [3.8, 4) is 17.0 Å². The van der Waals surface area contributed by atoms with Gasteiger partial charge in [-0.3, -0.25) is 9.48 Å². The minimum atomic E-state index is 0.341. The van der Waals surface area contributed by atoms with Gasteiger partial charge in [-0.2, -0.15) is 5.10 Å². The molecule has 2 aromatic heterocycles. The van der Waals surface area contributed by atoms with Gasteiger partial charge in [-0.05, 0) is 12.5 Å². The van der Waals surface area contributed by atoms with E-state index in [4.69, 9.17) is 4.74 Å². The molecule has 0 aliphatic carbocycles. The Bertz CT molecular complexity index is 564. The molecule has 0 N–H and O–H groups in total. The number of rotatable bonds is 6. The molecule has 19 heavy (non-hydrogen) atoms. The summed E-state index contributed by atoms with van der Waals surface area (Å²) in [5.41, 5.74) is 2.16. The average molecular weight is 259 g/mol. The summed E-state index contributed by atoms with van der Waals surface area (Å²) in [6, 6.07) is 1.80. The lowest BCUT2D eigenvalue weighted by Gasteiger charge is -2.06. The molecule has 2 heterocycles. The highest BCUT2D eigenvalue weighted by Gasteiger charge is 2.12. The van der Waals surface area contributed by atoms with Gasteiger partial charge in [0.2, 0.25) is 5.88 Å². The van der Waals surface area contributed by atoms with Gasteiger partial charge in [-0.1, -0.05) is 13.3 Å². The number of pyridine rings is 1. The van der Waals surface area contributed by atoms with Crippen LogP contribution in [0.15, 0.2) is 24.7 Å². The van der Waals surface area contributed by atoms with Crippen molar-refractivity contribution in [1.29, 1.82) is 0 Å². The van der Waals surface area contributed by atoms with Crippen LogP contribution in [-0.2, 0) is 6.54 Å². The third-order valence-electron chi connectivity index (χ3n) is 2.95. The van der Waals surface area contributed by atoms with Crippen LogP contribution in [0.3, 0.4) is 0 Å². The van der Waals surface area contributed by atoms with Crippen molar-refractivity contribution in [2.24, 2.45) is 0 Å². The molecular weight excluding hydrogens is 242 g/mol. The smallest absolute Gasteiger partial charge is 0.224 e. The van der Waals surface area contributed by atoms with Gasteiger partial charge in [0.05, 0.1) is 18.9 Å². The maximum Gasteiger partial charge on any atom is 0.224 e. The number of unbranched alkanes of at least 4 members (excludes halogenated alkanes) is 1. The van der Waals surface area contributed by atoms with Gasteiger partial charge in [0.15, 0.2) is 6.29 Å². The maximum absolute atomic E-state index is 11.2. The van der Waals surface area contributed by atoms with Crippen LogP contribution in [0.4, 0.5) is 0 Å². The highest BCUT2D eigenvalue weighted by atomic mass is 16.5. The van der Waals surface area contributed by atoms with Gasteiger partial charge in [-0.25, -0.2) is 4.98 Å². The van der Waals surface area contributed by atoms with Gasteiger partial charge in [0.1, 0.15) is 0 Å². The van der Waals surface area contributed by atoms with Crippen molar-refractivity contribution in [2.75, 3.05) is 7.11 Å². The fourth-order valence-corrected chi connectivity index (χ4v) is 1.93. The Morgan fingerprint density at radius 1 is 1.47 bits per heavy atom. The molecule has 5 nitrogen and oxygen atoms in total. The van der Waals surface area contributed by atoms with Crippen LogP contribution in [0.1, 0.15) is 30.1 Å². The van der Waals surface area contributed by atoms with E-state index >= 15 is 0 Å². The van der Waals surface area contributed by atoms with Gasteiger partial charge in [0, 0.05) is 30.1 Å². The number of methoxy groups -OCH3 is 1. The van der Waals surface area contributed by atoms with E-state index in [9.17, 15) is 4.79 Å². The second-order valence-electron chi connectivity index (χ2n) is 4.24. The lowest BCUT2D eigenvalue weighted by atomic mass is 10.1. The van der Waals surface area contributed by atoms with Gasteiger partial charge < -0.3 is 4.74 Å². The van der Waals surface area contributed by atoms with E-state index in [1.165, 1.54) is 7.11 Å². The van der Waals surface area contributed by atoms with Crippen LogP contribution >= 0.6 is 0 Å². The molecule has 0 unspecified atom stereocenters. The first-order chi connectivity index (χ1) is 9.30. The van der Waals surface area contributed by atoms with Crippen LogP contribution in [0.2, 0.25) is 0 Å². The Hall–Kier alpha value is -2.17. The van der Waals surface area contributed by atoms with E-state index in [1.54, 1.807) is 18.5 Å². The highest BCUT2D eigenvalue weighted by molar-refractivity contribution is 5.89. The van der Waals surface area contributed by atoms with E-state index in [-0.39, 0.29) is 0 Å². The number of hydrogen-bond acceptors (Lipinski definition) is 4. The molecule has 0 atom stereocenters.